The van der Waals surface area contributed by atoms with Crippen LogP contribution in [0.1, 0.15) is 32.3 Å². The largest absolute Gasteiger partial charge is 0.389 e. The van der Waals surface area contributed by atoms with Crippen LogP contribution in [0.3, 0.4) is 0 Å². The molecule has 0 amide bonds. The molecule has 3 atom stereocenters. The Morgan fingerprint density at radius 2 is 1.86 bits per heavy atom. The highest BCUT2D eigenvalue weighted by molar-refractivity contribution is 5.85. The fourth-order valence-corrected chi connectivity index (χ4v) is 3.86. The number of aliphatic hydroxyl groups is 1. The van der Waals surface area contributed by atoms with Crippen LogP contribution >= 0.6 is 0 Å². The zero-order chi connectivity index (χ0) is 15.7. The molecule has 0 aromatic heterocycles. The molecular formula is C20H27NO. The van der Waals surface area contributed by atoms with Gasteiger partial charge in [-0.3, -0.25) is 0 Å². The first-order valence-electron chi connectivity index (χ1n) is 8.39. The molecule has 0 radical (unpaired) electrons. The van der Waals surface area contributed by atoms with E-state index in [4.69, 9.17) is 0 Å². The third-order valence-electron chi connectivity index (χ3n) is 5.59. The molecule has 1 saturated heterocycles. The van der Waals surface area contributed by atoms with Crippen molar-refractivity contribution < 1.29 is 5.11 Å². The van der Waals surface area contributed by atoms with Gasteiger partial charge < -0.3 is 10.0 Å². The number of likely N-dealkylation sites (tertiary alicyclic amines) is 1. The maximum Gasteiger partial charge on any atom is 0.0703 e. The fraction of sp³-hybridized carbons (Fsp3) is 0.500. The van der Waals surface area contributed by atoms with E-state index in [1.807, 2.05) is 0 Å². The number of aryl methyl sites for hydroxylation is 1. The van der Waals surface area contributed by atoms with E-state index in [1.54, 1.807) is 0 Å². The average Bonchev–Trinajstić information content (AvgIpc) is 2.51. The predicted molar refractivity (Wildman–Crippen MR) is 93.1 cm³/mol. The third-order valence-corrected chi connectivity index (χ3v) is 5.59. The highest BCUT2D eigenvalue weighted by Crippen LogP contribution is 2.35. The molecule has 118 valence electrons. The van der Waals surface area contributed by atoms with Crippen LogP contribution in [0, 0.1) is 5.92 Å². The molecule has 0 aliphatic carbocycles. The topological polar surface area (TPSA) is 23.5 Å². The lowest BCUT2D eigenvalue weighted by Gasteiger charge is -2.46. The smallest absolute Gasteiger partial charge is 0.0703 e. The Labute approximate surface area is 133 Å². The van der Waals surface area contributed by atoms with Gasteiger partial charge in [0.1, 0.15) is 0 Å². The van der Waals surface area contributed by atoms with Crippen LogP contribution in [0.15, 0.2) is 42.5 Å². The van der Waals surface area contributed by atoms with E-state index in [0.717, 1.165) is 25.8 Å². The Kier molecular flexibility index (Phi) is 4.24. The summed E-state index contributed by atoms with van der Waals surface area (Å²) < 4.78 is 0. The molecule has 1 N–H and O–H groups in total. The maximum absolute atomic E-state index is 11.1. The van der Waals surface area contributed by atoms with Crippen molar-refractivity contribution in [2.24, 2.45) is 5.92 Å². The Bertz CT molecular complexity index is 648. The average molecular weight is 297 g/mol. The summed E-state index contributed by atoms with van der Waals surface area (Å²) >= 11 is 0. The molecule has 0 spiro atoms. The summed E-state index contributed by atoms with van der Waals surface area (Å²) in [6.07, 6.45) is 2.66. The normalized spacial score (nSPS) is 29.8. The number of rotatable bonds is 3. The first-order chi connectivity index (χ1) is 10.5. The van der Waals surface area contributed by atoms with Crippen LogP contribution in [-0.4, -0.2) is 35.2 Å². The molecule has 22 heavy (non-hydrogen) atoms. The van der Waals surface area contributed by atoms with Gasteiger partial charge in [-0.25, -0.2) is 0 Å². The van der Waals surface area contributed by atoms with Gasteiger partial charge in [0.25, 0.3) is 0 Å². The van der Waals surface area contributed by atoms with Gasteiger partial charge in [-0.2, -0.15) is 0 Å². The monoisotopic (exact) mass is 297 g/mol. The van der Waals surface area contributed by atoms with Gasteiger partial charge in [0, 0.05) is 12.6 Å². The van der Waals surface area contributed by atoms with Gasteiger partial charge >= 0.3 is 0 Å². The number of fused-ring (bicyclic) bond motifs is 1. The SMILES string of the molecule is C[C@@H]1C[C@@](O)(CCc2cccc3ccccc23)[C@@H](C)CN1C. The summed E-state index contributed by atoms with van der Waals surface area (Å²) in [6, 6.07) is 15.5. The first kappa shape index (κ1) is 15.5. The third kappa shape index (κ3) is 2.90. The minimum Gasteiger partial charge on any atom is -0.389 e. The fourth-order valence-electron chi connectivity index (χ4n) is 3.86. The summed E-state index contributed by atoms with van der Waals surface area (Å²) in [5.41, 5.74) is 0.813. The number of hydrogen-bond donors (Lipinski definition) is 1. The van der Waals surface area contributed by atoms with Crippen LogP contribution in [0.25, 0.3) is 10.8 Å². The molecule has 2 nitrogen and oxygen atoms in total. The van der Waals surface area contributed by atoms with Gasteiger partial charge in [-0.05, 0) is 55.5 Å². The van der Waals surface area contributed by atoms with E-state index in [-0.39, 0.29) is 0 Å². The first-order valence-corrected chi connectivity index (χ1v) is 8.39. The number of piperidine rings is 1. The van der Waals surface area contributed by atoms with Crippen LogP contribution in [0.5, 0.6) is 0 Å². The predicted octanol–water partition coefficient (Wildman–Crippen LogP) is 3.86. The van der Waals surface area contributed by atoms with Crippen molar-refractivity contribution in [3.05, 3.63) is 48.0 Å². The zero-order valence-electron chi connectivity index (χ0n) is 13.9. The van der Waals surface area contributed by atoms with Crippen molar-refractivity contribution in [2.45, 2.75) is 44.8 Å². The number of hydrogen-bond acceptors (Lipinski definition) is 2. The minimum atomic E-state index is -0.539. The lowest BCUT2D eigenvalue weighted by Crippen LogP contribution is -2.53. The quantitative estimate of drug-likeness (QED) is 0.930. The van der Waals surface area contributed by atoms with Crippen LogP contribution in [-0.2, 0) is 6.42 Å². The summed E-state index contributed by atoms with van der Waals surface area (Å²) in [5, 5.41) is 13.7. The molecule has 1 aliphatic heterocycles. The lowest BCUT2D eigenvalue weighted by atomic mass is 9.75. The summed E-state index contributed by atoms with van der Waals surface area (Å²) in [4.78, 5) is 2.36. The highest BCUT2D eigenvalue weighted by Gasteiger charge is 2.40. The standard InChI is InChI=1S/C20H27NO/c1-15-14-21(3)16(2)13-20(15,22)12-11-18-9-6-8-17-7-4-5-10-19(17)18/h4-10,15-16,22H,11-14H2,1-3H3/t15-,16+,20-/m0/s1. The Morgan fingerprint density at radius 3 is 2.68 bits per heavy atom. The van der Waals surface area contributed by atoms with Crippen LogP contribution in [0.4, 0.5) is 0 Å². The molecule has 2 aromatic rings. The summed E-state index contributed by atoms with van der Waals surface area (Å²) in [7, 11) is 2.16. The maximum atomic E-state index is 11.1. The van der Waals surface area contributed by atoms with Gasteiger partial charge in [-0.15, -0.1) is 0 Å². The summed E-state index contributed by atoms with van der Waals surface area (Å²) in [6.45, 7) is 5.38. The second-order valence-corrected chi connectivity index (χ2v) is 7.14. The van der Waals surface area contributed by atoms with Crippen molar-refractivity contribution in [3.8, 4) is 0 Å². The Balaban J connectivity index is 1.79. The van der Waals surface area contributed by atoms with Crippen molar-refractivity contribution in [3.63, 3.8) is 0 Å². The summed E-state index contributed by atoms with van der Waals surface area (Å²) in [5.74, 6) is 0.323. The molecule has 3 rings (SSSR count). The highest BCUT2D eigenvalue weighted by atomic mass is 16.3. The van der Waals surface area contributed by atoms with Crippen molar-refractivity contribution >= 4 is 10.8 Å². The molecule has 0 bridgehead atoms. The van der Waals surface area contributed by atoms with Gasteiger partial charge in [0.15, 0.2) is 0 Å². The van der Waals surface area contributed by atoms with E-state index in [0.29, 0.717) is 12.0 Å². The van der Waals surface area contributed by atoms with Crippen LogP contribution < -0.4 is 0 Å². The van der Waals surface area contributed by atoms with E-state index >= 15 is 0 Å². The second-order valence-electron chi connectivity index (χ2n) is 7.14. The Hall–Kier alpha value is -1.38. The Morgan fingerprint density at radius 1 is 1.14 bits per heavy atom. The lowest BCUT2D eigenvalue weighted by molar-refractivity contribution is -0.0834. The molecule has 1 fully saturated rings. The molecule has 2 aromatic carbocycles. The molecule has 1 aliphatic rings. The number of benzene rings is 2. The van der Waals surface area contributed by atoms with Gasteiger partial charge in [-0.1, -0.05) is 49.4 Å². The molecular weight excluding hydrogens is 270 g/mol. The molecule has 0 unspecified atom stereocenters. The second kappa shape index (κ2) is 6.02. The van der Waals surface area contributed by atoms with Crippen molar-refractivity contribution in [1.82, 2.24) is 4.90 Å². The van der Waals surface area contributed by atoms with Gasteiger partial charge in [0.05, 0.1) is 5.60 Å². The number of nitrogens with zero attached hydrogens (tertiary/aromatic N) is 1. The molecule has 0 saturated carbocycles. The van der Waals surface area contributed by atoms with E-state index in [9.17, 15) is 5.11 Å². The molecule has 2 heteroatoms. The van der Waals surface area contributed by atoms with E-state index in [2.05, 4.69) is 68.3 Å². The zero-order valence-corrected chi connectivity index (χ0v) is 13.9. The van der Waals surface area contributed by atoms with Crippen LogP contribution in [0.2, 0.25) is 0 Å². The van der Waals surface area contributed by atoms with E-state index in [1.165, 1.54) is 16.3 Å². The van der Waals surface area contributed by atoms with E-state index < -0.39 is 5.60 Å². The van der Waals surface area contributed by atoms with Gasteiger partial charge in [0.2, 0.25) is 0 Å². The van der Waals surface area contributed by atoms with Crippen molar-refractivity contribution in [1.29, 1.82) is 0 Å². The minimum absolute atomic E-state index is 0.323. The van der Waals surface area contributed by atoms with Crippen molar-refractivity contribution in [2.75, 3.05) is 13.6 Å². The molecule has 1 heterocycles.